The van der Waals surface area contributed by atoms with E-state index in [-0.39, 0.29) is 18.1 Å². The van der Waals surface area contributed by atoms with E-state index in [0.717, 1.165) is 39.0 Å². The van der Waals surface area contributed by atoms with Crippen LogP contribution in [0.5, 0.6) is 0 Å². The highest BCUT2D eigenvalue weighted by molar-refractivity contribution is 5.96. The molecule has 3 aromatic carbocycles. The van der Waals surface area contributed by atoms with Crippen molar-refractivity contribution in [3.8, 4) is 0 Å². The molecule has 1 aliphatic heterocycles. The molecule has 2 heterocycles. The summed E-state index contributed by atoms with van der Waals surface area (Å²) in [6.07, 6.45) is -0.202. The largest absolute Gasteiger partial charge is 0.459 e. The van der Waals surface area contributed by atoms with Gasteiger partial charge in [0, 0.05) is 5.70 Å². The number of para-hydroxylation sites is 2. The van der Waals surface area contributed by atoms with Gasteiger partial charge in [-0.2, -0.15) is 0 Å². The van der Waals surface area contributed by atoms with Crippen molar-refractivity contribution in [2.75, 3.05) is 5.32 Å². The summed E-state index contributed by atoms with van der Waals surface area (Å²) >= 11 is 0. The molecule has 1 aromatic heterocycles. The molecule has 0 unspecified atom stereocenters. The Kier molecular flexibility index (Phi) is 4.31. The van der Waals surface area contributed by atoms with Gasteiger partial charge in [-0.1, -0.05) is 54.6 Å². The average Bonchev–Trinajstić information content (AvgIpc) is 3.09. The van der Waals surface area contributed by atoms with E-state index in [0.29, 0.717) is 5.57 Å². The molecular formula is C25H23N3O2. The van der Waals surface area contributed by atoms with Crippen LogP contribution in [0.3, 0.4) is 0 Å². The van der Waals surface area contributed by atoms with Crippen molar-refractivity contribution in [3.05, 3.63) is 83.6 Å². The molecule has 0 radical (unpaired) electrons. The molecule has 1 N–H and O–H groups in total. The Hall–Kier alpha value is -3.60. The number of rotatable bonds is 3. The fourth-order valence-electron chi connectivity index (χ4n) is 4.29. The van der Waals surface area contributed by atoms with E-state index in [2.05, 4.69) is 34.1 Å². The summed E-state index contributed by atoms with van der Waals surface area (Å²) in [4.78, 5) is 18.0. The number of nitrogens with zero attached hydrogens (tertiary/aromatic N) is 2. The van der Waals surface area contributed by atoms with Gasteiger partial charge in [0.1, 0.15) is 0 Å². The van der Waals surface area contributed by atoms with Crippen molar-refractivity contribution in [1.82, 2.24) is 9.55 Å². The molecule has 4 aromatic rings. The minimum absolute atomic E-state index is 0.202. The second-order valence-electron chi connectivity index (χ2n) is 7.88. The first-order valence-corrected chi connectivity index (χ1v) is 10.2. The van der Waals surface area contributed by atoms with Crippen LogP contribution < -0.4 is 5.32 Å². The number of imidazole rings is 1. The Morgan fingerprint density at radius 2 is 1.77 bits per heavy atom. The highest BCUT2D eigenvalue weighted by Crippen LogP contribution is 2.41. The van der Waals surface area contributed by atoms with E-state index in [1.807, 2.05) is 63.2 Å². The van der Waals surface area contributed by atoms with E-state index >= 15 is 0 Å². The van der Waals surface area contributed by atoms with Gasteiger partial charge in [-0.3, -0.25) is 4.57 Å². The number of ether oxygens (including phenoxy) is 1. The first-order valence-electron chi connectivity index (χ1n) is 10.2. The maximum Gasteiger partial charge on any atom is 0.338 e. The van der Waals surface area contributed by atoms with Gasteiger partial charge in [-0.05, 0) is 49.2 Å². The highest BCUT2D eigenvalue weighted by atomic mass is 16.5. The lowest BCUT2D eigenvalue weighted by Crippen LogP contribution is -2.30. The number of benzene rings is 3. The minimum Gasteiger partial charge on any atom is -0.459 e. The number of anilines is 1. The lowest BCUT2D eigenvalue weighted by atomic mass is 9.91. The Bertz CT molecular complexity index is 1310. The van der Waals surface area contributed by atoms with Gasteiger partial charge in [-0.15, -0.1) is 0 Å². The highest BCUT2D eigenvalue weighted by Gasteiger charge is 2.36. The quantitative estimate of drug-likeness (QED) is 0.468. The van der Waals surface area contributed by atoms with E-state index in [1.54, 1.807) is 0 Å². The predicted molar refractivity (Wildman–Crippen MR) is 119 cm³/mol. The third-order valence-electron chi connectivity index (χ3n) is 5.51. The van der Waals surface area contributed by atoms with Crippen LogP contribution >= 0.6 is 0 Å². The predicted octanol–water partition coefficient (Wildman–Crippen LogP) is 5.43. The molecule has 5 rings (SSSR count). The number of hydrogen-bond acceptors (Lipinski definition) is 4. The van der Waals surface area contributed by atoms with Crippen LogP contribution in [0.4, 0.5) is 5.95 Å². The standard InChI is InChI=1S/C25H23N3O2/c1-15(2)30-24(29)22-16(3)26-25-27-20-13-6-7-14-21(20)28(25)23(22)19-12-8-10-17-9-4-5-11-18(17)19/h4-15,23H,1-3H3,(H,26,27)/t23-/m0/s1. The third kappa shape index (κ3) is 2.86. The number of nitrogens with one attached hydrogen (secondary N) is 1. The first kappa shape index (κ1) is 18.4. The zero-order chi connectivity index (χ0) is 20.8. The van der Waals surface area contributed by atoms with Crippen LogP contribution in [0.2, 0.25) is 0 Å². The third-order valence-corrected chi connectivity index (χ3v) is 5.51. The second-order valence-corrected chi connectivity index (χ2v) is 7.88. The van der Waals surface area contributed by atoms with E-state index in [4.69, 9.17) is 9.72 Å². The molecule has 0 spiro atoms. The molecule has 1 atom stereocenters. The molecule has 0 aliphatic carbocycles. The van der Waals surface area contributed by atoms with Crippen molar-refractivity contribution < 1.29 is 9.53 Å². The van der Waals surface area contributed by atoms with Crippen molar-refractivity contribution in [1.29, 1.82) is 0 Å². The topological polar surface area (TPSA) is 56.2 Å². The van der Waals surface area contributed by atoms with Crippen LogP contribution in [0.15, 0.2) is 78.0 Å². The van der Waals surface area contributed by atoms with Crippen molar-refractivity contribution in [2.45, 2.75) is 32.9 Å². The molecule has 0 bridgehead atoms. The summed E-state index contributed by atoms with van der Waals surface area (Å²) < 4.78 is 7.77. The van der Waals surface area contributed by atoms with Crippen molar-refractivity contribution in [3.63, 3.8) is 0 Å². The Labute approximate surface area is 175 Å². The summed E-state index contributed by atoms with van der Waals surface area (Å²) in [7, 11) is 0. The monoisotopic (exact) mass is 397 g/mol. The summed E-state index contributed by atoms with van der Waals surface area (Å²) in [5, 5.41) is 5.57. The molecular weight excluding hydrogens is 374 g/mol. The van der Waals surface area contributed by atoms with Gasteiger partial charge < -0.3 is 10.1 Å². The molecule has 0 amide bonds. The van der Waals surface area contributed by atoms with Gasteiger partial charge in [-0.25, -0.2) is 9.78 Å². The lowest BCUT2D eigenvalue weighted by Gasteiger charge is -2.31. The van der Waals surface area contributed by atoms with E-state index in [9.17, 15) is 4.79 Å². The summed E-state index contributed by atoms with van der Waals surface area (Å²) in [5.41, 5.74) is 4.28. The lowest BCUT2D eigenvalue weighted by molar-refractivity contribution is -0.143. The maximum absolute atomic E-state index is 13.3. The van der Waals surface area contributed by atoms with Gasteiger partial charge in [0.05, 0.1) is 28.8 Å². The maximum atomic E-state index is 13.3. The average molecular weight is 397 g/mol. The van der Waals surface area contributed by atoms with Crippen molar-refractivity contribution in [2.24, 2.45) is 0 Å². The van der Waals surface area contributed by atoms with Crippen LogP contribution in [-0.2, 0) is 9.53 Å². The fourth-order valence-corrected chi connectivity index (χ4v) is 4.29. The number of carbonyl (C=O) groups is 1. The van der Waals surface area contributed by atoms with Crippen LogP contribution in [0.1, 0.15) is 32.4 Å². The molecule has 150 valence electrons. The number of hydrogen-bond donors (Lipinski definition) is 1. The number of allylic oxidation sites excluding steroid dienone is 1. The van der Waals surface area contributed by atoms with Gasteiger partial charge in [0.15, 0.2) is 0 Å². The normalized spacial score (nSPS) is 16.1. The number of esters is 1. The Morgan fingerprint density at radius 3 is 2.60 bits per heavy atom. The molecule has 0 fully saturated rings. The van der Waals surface area contributed by atoms with Crippen LogP contribution in [-0.4, -0.2) is 21.6 Å². The molecule has 30 heavy (non-hydrogen) atoms. The Balaban J connectivity index is 1.82. The number of fused-ring (bicyclic) bond motifs is 4. The first-order chi connectivity index (χ1) is 14.5. The number of aromatic nitrogens is 2. The SMILES string of the molecule is CC1=C(C(=O)OC(C)C)[C@H](c2cccc3ccccc23)n2c(nc3ccccc32)N1. The summed E-state index contributed by atoms with van der Waals surface area (Å²) in [6, 6.07) is 22.1. The van der Waals surface area contributed by atoms with Gasteiger partial charge >= 0.3 is 5.97 Å². The molecule has 5 heteroatoms. The Morgan fingerprint density at radius 1 is 1.03 bits per heavy atom. The smallest absolute Gasteiger partial charge is 0.338 e. The van der Waals surface area contributed by atoms with Gasteiger partial charge in [0.2, 0.25) is 5.95 Å². The summed E-state index contributed by atoms with van der Waals surface area (Å²) in [6.45, 7) is 5.65. The van der Waals surface area contributed by atoms with Crippen LogP contribution in [0, 0.1) is 0 Å². The molecule has 0 saturated carbocycles. The molecule has 0 saturated heterocycles. The zero-order valence-corrected chi connectivity index (χ0v) is 17.2. The minimum atomic E-state index is -0.342. The van der Waals surface area contributed by atoms with Gasteiger partial charge in [0.25, 0.3) is 0 Å². The summed E-state index contributed by atoms with van der Waals surface area (Å²) in [5.74, 6) is 0.420. The van der Waals surface area contributed by atoms with E-state index < -0.39 is 0 Å². The van der Waals surface area contributed by atoms with E-state index in [1.165, 1.54) is 0 Å². The zero-order valence-electron chi connectivity index (χ0n) is 17.2. The van der Waals surface area contributed by atoms with Crippen LogP contribution in [0.25, 0.3) is 21.8 Å². The second kappa shape index (κ2) is 7.02. The number of carbonyl (C=O) groups excluding carboxylic acids is 1. The molecule has 1 aliphatic rings. The molecule has 5 nitrogen and oxygen atoms in total. The van der Waals surface area contributed by atoms with Crippen molar-refractivity contribution >= 4 is 33.7 Å². The fraction of sp³-hybridized carbons (Fsp3) is 0.200.